The Balaban J connectivity index is 2.00. The monoisotopic (exact) mass is 334 g/mol. The minimum absolute atomic E-state index is 0.147. The summed E-state index contributed by atoms with van der Waals surface area (Å²) in [5.41, 5.74) is 1.52. The Hall–Kier alpha value is -3.02. The van der Waals surface area contributed by atoms with Gasteiger partial charge in [0.25, 0.3) is 5.82 Å². The molecule has 0 bridgehead atoms. The maximum Gasteiger partial charge on any atom is 0.345 e. The van der Waals surface area contributed by atoms with Gasteiger partial charge in [0.2, 0.25) is 0 Å². The third-order valence-electron chi connectivity index (χ3n) is 4.83. The van der Waals surface area contributed by atoms with Gasteiger partial charge < -0.3 is 5.11 Å². The Bertz CT molecular complexity index is 968. The predicted molar refractivity (Wildman–Crippen MR) is 89.9 cm³/mol. The van der Waals surface area contributed by atoms with Crippen molar-refractivity contribution in [3.05, 3.63) is 70.8 Å². The Morgan fingerprint density at radius 3 is 2.64 bits per heavy atom. The molecule has 1 aromatic carbocycles. The Labute approximate surface area is 145 Å². The fourth-order valence-electron chi connectivity index (χ4n) is 3.62. The molecule has 126 valence electrons. The van der Waals surface area contributed by atoms with Crippen LogP contribution in [0.4, 0.5) is 0 Å². The standard InChI is InChI=1S/C19H18N4O2/c1-22-16-9-5-8-15(14-10-20-12-21-11-14)23(16)19(25)17(18(22)24)13-6-3-2-4-7-13/h2-4,6-7,10-12,15H,5,8-9H2,1H3. The van der Waals surface area contributed by atoms with Gasteiger partial charge in [-0.15, -0.1) is 0 Å². The average molecular weight is 334 g/mol. The predicted octanol–water partition coefficient (Wildman–Crippen LogP) is 1.13. The number of rotatable bonds is 2. The van der Waals surface area contributed by atoms with E-state index in [2.05, 4.69) is 9.97 Å². The van der Waals surface area contributed by atoms with Crippen LogP contribution >= 0.6 is 0 Å². The zero-order valence-corrected chi connectivity index (χ0v) is 13.9. The number of nitrogens with zero attached hydrogens (tertiary/aromatic N) is 4. The van der Waals surface area contributed by atoms with Crippen LogP contribution in [-0.2, 0) is 13.5 Å². The lowest BCUT2D eigenvalue weighted by molar-refractivity contribution is -0.724. The Kier molecular flexibility index (Phi) is 3.80. The molecule has 1 atom stereocenters. The highest BCUT2D eigenvalue weighted by Crippen LogP contribution is 2.30. The van der Waals surface area contributed by atoms with Crippen LogP contribution in [0, 0.1) is 0 Å². The number of aromatic nitrogens is 4. The molecule has 0 saturated carbocycles. The van der Waals surface area contributed by atoms with Crippen molar-refractivity contribution >= 4 is 0 Å². The molecule has 0 amide bonds. The second kappa shape index (κ2) is 6.12. The lowest BCUT2D eigenvalue weighted by Crippen LogP contribution is -2.49. The summed E-state index contributed by atoms with van der Waals surface area (Å²) in [5, 5.41) is 12.8. The molecular formula is C19H18N4O2. The maximum atomic E-state index is 13.3. The molecule has 4 rings (SSSR count). The van der Waals surface area contributed by atoms with Crippen LogP contribution in [0.5, 0.6) is 5.88 Å². The number of hydrogen-bond acceptors (Lipinski definition) is 4. The fourth-order valence-corrected chi connectivity index (χ4v) is 3.62. The minimum atomic E-state index is -0.243. The van der Waals surface area contributed by atoms with Crippen LogP contribution in [0.3, 0.4) is 0 Å². The number of fused-ring (bicyclic) bond motifs is 1. The van der Waals surface area contributed by atoms with E-state index in [9.17, 15) is 9.90 Å². The van der Waals surface area contributed by atoms with E-state index in [1.807, 2.05) is 18.2 Å². The van der Waals surface area contributed by atoms with Gasteiger partial charge in [-0.05, 0) is 18.4 Å². The first-order valence-corrected chi connectivity index (χ1v) is 8.33. The van der Waals surface area contributed by atoms with E-state index in [0.29, 0.717) is 12.0 Å². The quantitative estimate of drug-likeness (QED) is 0.659. The van der Waals surface area contributed by atoms with E-state index in [-0.39, 0.29) is 23.0 Å². The SMILES string of the molecule is C[n+]1c([O-])c(-c2ccccc2)c(=O)n2c1CCCC2c1cncnc1. The molecular weight excluding hydrogens is 316 g/mol. The molecule has 0 spiro atoms. The molecule has 25 heavy (non-hydrogen) atoms. The van der Waals surface area contributed by atoms with Crippen molar-refractivity contribution in [2.75, 3.05) is 0 Å². The molecule has 0 N–H and O–H groups in total. The third kappa shape index (κ3) is 2.50. The van der Waals surface area contributed by atoms with Gasteiger partial charge in [0.15, 0.2) is 0 Å². The Morgan fingerprint density at radius 2 is 1.92 bits per heavy atom. The highest BCUT2D eigenvalue weighted by molar-refractivity contribution is 5.65. The number of hydrogen-bond donors (Lipinski definition) is 0. The number of benzene rings is 1. The van der Waals surface area contributed by atoms with Gasteiger partial charge in [-0.3, -0.25) is 0 Å². The average Bonchev–Trinajstić information content (AvgIpc) is 2.67. The first-order valence-electron chi connectivity index (χ1n) is 8.33. The zero-order valence-electron chi connectivity index (χ0n) is 13.9. The van der Waals surface area contributed by atoms with Gasteiger partial charge >= 0.3 is 5.56 Å². The summed E-state index contributed by atoms with van der Waals surface area (Å²) in [4.78, 5) is 21.5. The highest BCUT2D eigenvalue weighted by atomic mass is 16.3. The second-order valence-electron chi connectivity index (χ2n) is 6.28. The van der Waals surface area contributed by atoms with Gasteiger partial charge in [-0.2, -0.15) is 4.57 Å². The summed E-state index contributed by atoms with van der Waals surface area (Å²) in [6.07, 6.45) is 7.41. The van der Waals surface area contributed by atoms with E-state index in [1.165, 1.54) is 6.33 Å². The van der Waals surface area contributed by atoms with Gasteiger partial charge in [0, 0.05) is 24.4 Å². The summed E-state index contributed by atoms with van der Waals surface area (Å²) in [6.45, 7) is 0. The summed E-state index contributed by atoms with van der Waals surface area (Å²) in [7, 11) is 1.74. The smallest absolute Gasteiger partial charge is 0.345 e. The van der Waals surface area contributed by atoms with E-state index in [4.69, 9.17) is 0 Å². The van der Waals surface area contributed by atoms with Crippen molar-refractivity contribution in [1.29, 1.82) is 0 Å². The highest BCUT2D eigenvalue weighted by Gasteiger charge is 2.33. The van der Waals surface area contributed by atoms with E-state index in [0.717, 1.165) is 24.2 Å². The molecule has 2 aromatic heterocycles. The molecule has 3 aromatic rings. The molecule has 3 heterocycles. The van der Waals surface area contributed by atoms with Crippen molar-refractivity contribution in [1.82, 2.24) is 14.5 Å². The van der Waals surface area contributed by atoms with Crippen molar-refractivity contribution in [2.24, 2.45) is 7.05 Å². The van der Waals surface area contributed by atoms with Crippen LogP contribution in [0.2, 0.25) is 0 Å². The molecule has 6 nitrogen and oxygen atoms in total. The third-order valence-corrected chi connectivity index (χ3v) is 4.83. The first-order chi connectivity index (χ1) is 12.2. The molecule has 6 heteroatoms. The molecule has 0 saturated heterocycles. The van der Waals surface area contributed by atoms with Crippen molar-refractivity contribution < 1.29 is 9.67 Å². The summed E-state index contributed by atoms with van der Waals surface area (Å²) in [5.74, 6) is 0.516. The van der Waals surface area contributed by atoms with Crippen LogP contribution < -0.4 is 15.2 Å². The van der Waals surface area contributed by atoms with E-state index in [1.54, 1.807) is 40.7 Å². The molecule has 0 radical (unpaired) electrons. The summed E-state index contributed by atoms with van der Waals surface area (Å²) in [6, 6.07) is 8.99. The van der Waals surface area contributed by atoms with Crippen LogP contribution in [0.1, 0.15) is 30.3 Å². The summed E-state index contributed by atoms with van der Waals surface area (Å²) < 4.78 is 3.37. The van der Waals surface area contributed by atoms with Gasteiger partial charge in [0.05, 0.1) is 12.9 Å². The lowest BCUT2D eigenvalue weighted by Gasteiger charge is -2.26. The summed E-state index contributed by atoms with van der Waals surface area (Å²) >= 11 is 0. The van der Waals surface area contributed by atoms with Gasteiger partial charge in [0.1, 0.15) is 17.9 Å². The van der Waals surface area contributed by atoms with Crippen LogP contribution in [0.15, 0.2) is 53.8 Å². The first kappa shape index (κ1) is 15.5. The Morgan fingerprint density at radius 1 is 1.20 bits per heavy atom. The zero-order chi connectivity index (χ0) is 17.4. The van der Waals surface area contributed by atoms with Gasteiger partial charge in [-0.25, -0.2) is 19.3 Å². The van der Waals surface area contributed by atoms with Crippen molar-refractivity contribution in [3.8, 4) is 17.0 Å². The van der Waals surface area contributed by atoms with Gasteiger partial charge in [-0.1, -0.05) is 30.3 Å². The molecule has 0 fully saturated rings. The largest absolute Gasteiger partial charge is 0.842 e. The normalized spacial score (nSPS) is 16.4. The van der Waals surface area contributed by atoms with Crippen LogP contribution in [-0.4, -0.2) is 14.5 Å². The topological polar surface area (TPSA) is 74.7 Å². The molecule has 1 unspecified atom stereocenters. The molecule has 0 aliphatic carbocycles. The molecule has 1 aliphatic heterocycles. The van der Waals surface area contributed by atoms with E-state index >= 15 is 0 Å². The minimum Gasteiger partial charge on any atom is -0.842 e. The van der Waals surface area contributed by atoms with Crippen molar-refractivity contribution in [2.45, 2.75) is 25.3 Å². The second-order valence-corrected chi connectivity index (χ2v) is 6.28. The van der Waals surface area contributed by atoms with E-state index < -0.39 is 0 Å². The maximum absolute atomic E-state index is 13.3. The lowest BCUT2D eigenvalue weighted by atomic mass is 9.97. The van der Waals surface area contributed by atoms with Crippen LogP contribution in [0.25, 0.3) is 11.1 Å². The fraction of sp³-hybridized carbons (Fsp3) is 0.263. The van der Waals surface area contributed by atoms with Crippen molar-refractivity contribution in [3.63, 3.8) is 0 Å². The molecule has 1 aliphatic rings.